The first kappa shape index (κ1) is 19.4. The van der Waals surface area contributed by atoms with Crippen molar-refractivity contribution in [3.05, 3.63) is 77.5 Å². The van der Waals surface area contributed by atoms with Crippen LogP contribution in [0, 0.1) is 17.1 Å². The van der Waals surface area contributed by atoms with Gasteiger partial charge in [0.15, 0.2) is 5.82 Å². The molecule has 0 spiro atoms. The van der Waals surface area contributed by atoms with Crippen LogP contribution < -0.4 is 10.6 Å². The van der Waals surface area contributed by atoms with Gasteiger partial charge in [-0.15, -0.1) is 0 Å². The molecule has 0 radical (unpaired) electrons. The number of benzene rings is 2. The van der Waals surface area contributed by atoms with Gasteiger partial charge in [-0.1, -0.05) is 25.1 Å². The number of fused-ring (bicyclic) bond motifs is 1. The average Bonchev–Trinajstić information content (AvgIpc) is 3.13. The molecular formula is C23H21FN6. The lowest BCUT2D eigenvalue weighted by Gasteiger charge is -2.27. The third kappa shape index (κ3) is 3.44. The lowest BCUT2D eigenvalue weighted by Crippen LogP contribution is -2.20. The number of rotatable bonds is 5. The second-order valence-corrected chi connectivity index (χ2v) is 7.07. The Labute approximate surface area is 174 Å². The Morgan fingerprint density at radius 2 is 1.97 bits per heavy atom. The van der Waals surface area contributed by atoms with Crippen molar-refractivity contribution in [2.75, 3.05) is 10.6 Å². The van der Waals surface area contributed by atoms with Crippen molar-refractivity contribution in [1.29, 1.82) is 5.26 Å². The van der Waals surface area contributed by atoms with Crippen molar-refractivity contribution in [2.24, 2.45) is 7.05 Å². The minimum Gasteiger partial charge on any atom is -0.382 e. The molecule has 2 N–H and O–H groups in total. The van der Waals surface area contributed by atoms with Gasteiger partial charge in [-0.25, -0.2) is 14.4 Å². The normalized spacial score (nSPS) is 10.9. The number of aromatic nitrogens is 3. The first-order chi connectivity index (χ1) is 14.5. The summed E-state index contributed by atoms with van der Waals surface area (Å²) in [5, 5.41) is 9.24. The molecule has 2 aromatic carbocycles. The Hall–Kier alpha value is -3.92. The van der Waals surface area contributed by atoms with Gasteiger partial charge < -0.3 is 15.2 Å². The predicted octanol–water partition coefficient (Wildman–Crippen LogP) is 4.46. The molecule has 30 heavy (non-hydrogen) atoms. The number of halogens is 1. The van der Waals surface area contributed by atoms with E-state index in [-0.39, 0.29) is 0 Å². The highest BCUT2D eigenvalue weighted by Gasteiger charge is 2.20. The fourth-order valence-electron chi connectivity index (χ4n) is 3.65. The fraction of sp³-hybridized carbons (Fsp3) is 0.174. The summed E-state index contributed by atoms with van der Waals surface area (Å²) in [5.41, 5.74) is 10.7. The van der Waals surface area contributed by atoms with Crippen LogP contribution in [0.1, 0.15) is 23.7 Å². The van der Waals surface area contributed by atoms with Crippen molar-refractivity contribution in [2.45, 2.75) is 19.9 Å². The molecule has 0 aliphatic heterocycles. The zero-order chi connectivity index (χ0) is 21.3. The number of hydrogen-bond donors (Lipinski definition) is 1. The summed E-state index contributed by atoms with van der Waals surface area (Å²) >= 11 is 0. The van der Waals surface area contributed by atoms with E-state index < -0.39 is 5.82 Å². The third-order valence-corrected chi connectivity index (χ3v) is 5.10. The predicted molar refractivity (Wildman–Crippen MR) is 116 cm³/mol. The maximum Gasteiger partial charge on any atom is 0.151 e. The molecule has 0 bridgehead atoms. The minimum absolute atomic E-state index is 0.305. The van der Waals surface area contributed by atoms with E-state index in [1.165, 1.54) is 6.07 Å². The lowest BCUT2D eigenvalue weighted by molar-refractivity contribution is 0.621. The molecule has 7 heteroatoms. The molecule has 0 atom stereocenters. The number of aryl methyl sites for hydroxylation is 2. The molecule has 0 fully saturated rings. The summed E-state index contributed by atoms with van der Waals surface area (Å²) in [4.78, 5) is 10.7. The van der Waals surface area contributed by atoms with Crippen molar-refractivity contribution < 1.29 is 4.39 Å². The molecule has 0 saturated heterocycles. The van der Waals surface area contributed by atoms with Gasteiger partial charge in [0.2, 0.25) is 0 Å². The smallest absolute Gasteiger partial charge is 0.151 e. The second-order valence-electron chi connectivity index (χ2n) is 7.07. The van der Waals surface area contributed by atoms with E-state index in [9.17, 15) is 5.26 Å². The molecule has 2 aromatic heterocycles. The maximum absolute atomic E-state index is 15.2. The number of nitrogens with two attached hydrogens (primary N) is 1. The van der Waals surface area contributed by atoms with E-state index in [0.29, 0.717) is 41.2 Å². The van der Waals surface area contributed by atoms with Crippen LogP contribution in [0.3, 0.4) is 0 Å². The molecule has 4 rings (SSSR count). The summed E-state index contributed by atoms with van der Waals surface area (Å²) in [6.07, 6.45) is 2.28. The first-order valence-electron chi connectivity index (χ1n) is 9.63. The summed E-state index contributed by atoms with van der Waals surface area (Å²) in [7, 11) is 1.89. The number of nitrogens with zero attached hydrogens (tertiary/aromatic N) is 5. The summed E-state index contributed by atoms with van der Waals surface area (Å²) < 4.78 is 17.1. The number of hydrogen-bond acceptors (Lipinski definition) is 5. The molecule has 6 nitrogen and oxygen atoms in total. The number of anilines is 3. The Morgan fingerprint density at radius 3 is 2.67 bits per heavy atom. The van der Waals surface area contributed by atoms with Gasteiger partial charge in [-0.3, -0.25) is 0 Å². The minimum atomic E-state index is -0.440. The summed E-state index contributed by atoms with van der Waals surface area (Å²) in [6.45, 7) is 2.26. The molecule has 150 valence electrons. The van der Waals surface area contributed by atoms with Gasteiger partial charge in [0.1, 0.15) is 11.3 Å². The molecule has 0 saturated carbocycles. The Kier molecular flexibility index (Phi) is 5.07. The van der Waals surface area contributed by atoms with E-state index in [1.807, 2.05) is 65.9 Å². The van der Waals surface area contributed by atoms with Crippen LogP contribution in [-0.2, 0) is 20.0 Å². The van der Waals surface area contributed by atoms with Crippen molar-refractivity contribution in [1.82, 2.24) is 14.5 Å². The number of imidazole rings is 1. The Balaban J connectivity index is 1.88. The lowest BCUT2D eigenvalue weighted by atomic mass is 10.0. The van der Waals surface area contributed by atoms with Gasteiger partial charge in [0.25, 0.3) is 0 Å². The molecular weight excluding hydrogens is 379 g/mol. The molecule has 0 aliphatic rings. The van der Waals surface area contributed by atoms with Gasteiger partial charge in [0, 0.05) is 12.7 Å². The van der Waals surface area contributed by atoms with Gasteiger partial charge in [-0.05, 0) is 42.3 Å². The van der Waals surface area contributed by atoms with Crippen LogP contribution in [0.4, 0.5) is 21.6 Å². The SMILES string of the molecule is CCc1cc(C#N)cc(F)c1N(Cc1cc2c(ncn2C)c(N)n1)c1ccccc1. The zero-order valence-electron chi connectivity index (χ0n) is 16.8. The molecule has 2 heterocycles. The van der Waals surface area contributed by atoms with E-state index in [4.69, 9.17) is 5.73 Å². The largest absolute Gasteiger partial charge is 0.382 e. The number of pyridine rings is 1. The summed E-state index contributed by atoms with van der Waals surface area (Å²) in [6, 6.07) is 16.5. The highest BCUT2D eigenvalue weighted by molar-refractivity contribution is 5.85. The fourth-order valence-corrected chi connectivity index (χ4v) is 3.65. The zero-order valence-corrected chi connectivity index (χ0v) is 16.8. The van der Waals surface area contributed by atoms with Crippen LogP contribution in [0.5, 0.6) is 0 Å². The number of para-hydroxylation sites is 1. The van der Waals surface area contributed by atoms with Gasteiger partial charge in [-0.2, -0.15) is 5.26 Å². The van der Waals surface area contributed by atoms with Crippen molar-refractivity contribution >= 4 is 28.2 Å². The maximum atomic E-state index is 15.2. The molecule has 0 aliphatic carbocycles. The first-order valence-corrected chi connectivity index (χ1v) is 9.63. The van der Waals surface area contributed by atoms with Crippen molar-refractivity contribution in [3.63, 3.8) is 0 Å². The molecule has 0 unspecified atom stereocenters. The number of nitrogen functional groups attached to an aromatic ring is 1. The third-order valence-electron chi connectivity index (χ3n) is 5.10. The highest BCUT2D eigenvalue weighted by Crippen LogP contribution is 2.34. The highest BCUT2D eigenvalue weighted by atomic mass is 19.1. The van der Waals surface area contributed by atoms with Crippen LogP contribution in [0.15, 0.2) is 54.9 Å². The Morgan fingerprint density at radius 1 is 1.20 bits per heavy atom. The van der Waals surface area contributed by atoms with Crippen LogP contribution in [0.2, 0.25) is 0 Å². The van der Waals surface area contributed by atoms with Gasteiger partial charge >= 0.3 is 0 Å². The van der Waals surface area contributed by atoms with E-state index >= 15 is 4.39 Å². The quantitative estimate of drug-likeness (QED) is 0.535. The molecule has 4 aromatic rings. The number of nitriles is 1. The second kappa shape index (κ2) is 7.84. The van der Waals surface area contributed by atoms with Crippen LogP contribution >= 0.6 is 0 Å². The topological polar surface area (TPSA) is 83.8 Å². The monoisotopic (exact) mass is 400 g/mol. The summed E-state index contributed by atoms with van der Waals surface area (Å²) in [5.74, 6) is -0.100. The van der Waals surface area contributed by atoms with E-state index in [1.54, 1.807) is 12.4 Å². The average molecular weight is 400 g/mol. The standard InChI is InChI=1S/C23H21FN6/c1-3-16-9-15(12-25)10-19(24)22(16)30(18-7-5-4-6-8-18)13-17-11-20-21(23(26)28-17)27-14-29(20)2/h4-11,14H,3,13H2,1-2H3,(H2,26,28). The van der Waals surface area contributed by atoms with Crippen LogP contribution in [-0.4, -0.2) is 14.5 Å². The van der Waals surface area contributed by atoms with E-state index in [2.05, 4.69) is 9.97 Å². The van der Waals surface area contributed by atoms with Crippen LogP contribution in [0.25, 0.3) is 11.0 Å². The molecule has 0 amide bonds. The Bertz CT molecular complexity index is 1260. The van der Waals surface area contributed by atoms with E-state index in [0.717, 1.165) is 16.8 Å². The van der Waals surface area contributed by atoms with Crippen molar-refractivity contribution in [3.8, 4) is 6.07 Å². The van der Waals surface area contributed by atoms with Gasteiger partial charge in [0.05, 0.1) is 41.4 Å².